The third-order valence-electron chi connectivity index (χ3n) is 4.39. The molecule has 2 heterocycles. The lowest BCUT2D eigenvalue weighted by atomic mass is 10.1. The highest BCUT2D eigenvalue weighted by Gasteiger charge is 2.15. The Morgan fingerprint density at radius 2 is 2.00 bits per heavy atom. The van der Waals surface area contributed by atoms with Crippen LogP contribution in [0.15, 0.2) is 63.9 Å². The number of carbonyl (C=O) groups excluding carboxylic acids is 1. The van der Waals surface area contributed by atoms with Crippen molar-refractivity contribution in [2.24, 2.45) is 0 Å². The van der Waals surface area contributed by atoms with E-state index in [2.05, 4.69) is 15.5 Å². The van der Waals surface area contributed by atoms with Crippen LogP contribution in [0.1, 0.15) is 16.1 Å². The number of aromatic nitrogens is 2. The predicted molar refractivity (Wildman–Crippen MR) is 106 cm³/mol. The summed E-state index contributed by atoms with van der Waals surface area (Å²) in [6.45, 7) is 1.75. The normalized spacial score (nSPS) is 10.8. The van der Waals surface area contributed by atoms with Crippen molar-refractivity contribution in [1.29, 1.82) is 0 Å². The molecular weight excluding hydrogens is 358 g/mol. The van der Waals surface area contributed by atoms with Gasteiger partial charge in [0.15, 0.2) is 11.5 Å². The molecule has 0 saturated carbocycles. The lowest BCUT2D eigenvalue weighted by Gasteiger charge is -2.05. The summed E-state index contributed by atoms with van der Waals surface area (Å²) in [4.78, 5) is 27.1. The average molecular weight is 375 g/mol. The van der Waals surface area contributed by atoms with Crippen molar-refractivity contribution < 1.29 is 14.1 Å². The van der Waals surface area contributed by atoms with E-state index in [9.17, 15) is 9.59 Å². The highest BCUT2D eigenvalue weighted by Crippen LogP contribution is 2.25. The number of carbonyl (C=O) groups is 1. The molecule has 2 aromatic carbocycles. The van der Waals surface area contributed by atoms with Gasteiger partial charge >= 0.3 is 0 Å². The number of nitrogens with zero attached hydrogens (tertiary/aromatic N) is 1. The first kappa shape index (κ1) is 17.5. The summed E-state index contributed by atoms with van der Waals surface area (Å²) in [7, 11) is 1.58. The van der Waals surface area contributed by atoms with Crippen LogP contribution in [0.2, 0.25) is 0 Å². The molecule has 7 heteroatoms. The molecule has 0 aliphatic carbocycles. The van der Waals surface area contributed by atoms with Crippen LogP contribution >= 0.6 is 0 Å². The first-order valence-electron chi connectivity index (χ1n) is 8.60. The summed E-state index contributed by atoms with van der Waals surface area (Å²) in [6, 6.07) is 16.0. The zero-order chi connectivity index (χ0) is 19.7. The lowest BCUT2D eigenvalue weighted by molar-refractivity contribution is 0.101. The molecule has 0 radical (unpaired) electrons. The van der Waals surface area contributed by atoms with Crippen LogP contribution in [-0.2, 0) is 0 Å². The standard InChI is InChI=1S/C21H17N3O4/c1-12-8-13-6-7-15(10-17(13)23-20(12)25)22-21(26)18-11-19(28-24-18)14-4-3-5-16(9-14)27-2/h3-11H,1-2H3,(H,22,26)(H,23,25). The van der Waals surface area contributed by atoms with Crippen molar-refractivity contribution in [3.8, 4) is 17.1 Å². The third-order valence-corrected chi connectivity index (χ3v) is 4.39. The van der Waals surface area contributed by atoms with E-state index in [-0.39, 0.29) is 11.3 Å². The molecule has 0 aliphatic heterocycles. The molecule has 0 fully saturated rings. The van der Waals surface area contributed by atoms with E-state index < -0.39 is 5.91 Å². The minimum absolute atomic E-state index is 0.148. The van der Waals surface area contributed by atoms with Crippen LogP contribution in [0.5, 0.6) is 5.75 Å². The van der Waals surface area contributed by atoms with E-state index in [1.165, 1.54) is 0 Å². The summed E-state index contributed by atoms with van der Waals surface area (Å²) in [5.74, 6) is 0.731. The number of benzene rings is 2. The maximum absolute atomic E-state index is 12.5. The lowest BCUT2D eigenvalue weighted by Crippen LogP contribution is -2.13. The predicted octanol–water partition coefficient (Wildman–Crippen LogP) is 3.75. The maximum Gasteiger partial charge on any atom is 0.277 e. The number of H-pyrrole nitrogens is 1. The molecule has 0 unspecified atom stereocenters. The maximum atomic E-state index is 12.5. The zero-order valence-corrected chi connectivity index (χ0v) is 15.3. The van der Waals surface area contributed by atoms with Crippen molar-refractivity contribution in [3.63, 3.8) is 0 Å². The molecule has 0 bridgehead atoms. The molecule has 28 heavy (non-hydrogen) atoms. The number of fused-ring (bicyclic) bond motifs is 1. The molecule has 2 aromatic heterocycles. The van der Waals surface area contributed by atoms with Gasteiger partial charge in [-0.2, -0.15) is 0 Å². The minimum Gasteiger partial charge on any atom is -0.497 e. The van der Waals surface area contributed by atoms with Crippen molar-refractivity contribution in [2.75, 3.05) is 12.4 Å². The Hall–Kier alpha value is -3.87. The van der Waals surface area contributed by atoms with Crippen LogP contribution in [-0.4, -0.2) is 23.2 Å². The number of hydrogen-bond donors (Lipinski definition) is 2. The van der Waals surface area contributed by atoms with Gasteiger partial charge in [0.05, 0.1) is 12.6 Å². The van der Waals surface area contributed by atoms with Gasteiger partial charge in [-0.1, -0.05) is 23.4 Å². The van der Waals surface area contributed by atoms with E-state index in [0.29, 0.717) is 28.3 Å². The van der Waals surface area contributed by atoms with Gasteiger partial charge in [-0.05, 0) is 42.6 Å². The second-order valence-corrected chi connectivity index (χ2v) is 6.35. The molecule has 7 nitrogen and oxygen atoms in total. The number of ether oxygens (including phenoxy) is 1. The highest BCUT2D eigenvalue weighted by molar-refractivity contribution is 6.04. The molecule has 0 aliphatic rings. The van der Waals surface area contributed by atoms with Gasteiger partial charge < -0.3 is 19.6 Å². The summed E-state index contributed by atoms with van der Waals surface area (Å²) < 4.78 is 10.5. The molecule has 1 amide bonds. The van der Waals surface area contributed by atoms with Gasteiger partial charge in [-0.15, -0.1) is 0 Å². The fourth-order valence-corrected chi connectivity index (χ4v) is 2.88. The topological polar surface area (TPSA) is 97.2 Å². The van der Waals surface area contributed by atoms with E-state index >= 15 is 0 Å². The molecule has 0 saturated heterocycles. The van der Waals surface area contributed by atoms with E-state index in [0.717, 1.165) is 10.9 Å². The van der Waals surface area contributed by atoms with Gasteiger partial charge in [0.25, 0.3) is 11.5 Å². The molecule has 4 aromatic rings. The molecule has 0 spiro atoms. The Balaban J connectivity index is 1.57. The quantitative estimate of drug-likeness (QED) is 0.566. The van der Waals surface area contributed by atoms with Gasteiger partial charge in [-0.25, -0.2) is 0 Å². The number of hydrogen-bond acceptors (Lipinski definition) is 5. The van der Waals surface area contributed by atoms with E-state index in [4.69, 9.17) is 9.26 Å². The van der Waals surface area contributed by atoms with Crippen LogP contribution in [0.4, 0.5) is 5.69 Å². The number of aromatic amines is 1. The summed E-state index contributed by atoms with van der Waals surface area (Å²) in [6.07, 6.45) is 0. The summed E-state index contributed by atoms with van der Waals surface area (Å²) >= 11 is 0. The fourth-order valence-electron chi connectivity index (χ4n) is 2.88. The van der Waals surface area contributed by atoms with E-state index in [1.54, 1.807) is 44.4 Å². The average Bonchev–Trinajstić information content (AvgIpc) is 3.20. The van der Waals surface area contributed by atoms with Crippen molar-refractivity contribution in [2.45, 2.75) is 6.92 Å². The van der Waals surface area contributed by atoms with Gasteiger partial charge in [0, 0.05) is 22.9 Å². The number of rotatable bonds is 4. The van der Waals surface area contributed by atoms with E-state index in [1.807, 2.05) is 24.3 Å². The Kier molecular flexibility index (Phi) is 4.41. The van der Waals surface area contributed by atoms with Crippen molar-refractivity contribution >= 4 is 22.5 Å². The van der Waals surface area contributed by atoms with Crippen molar-refractivity contribution in [1.82, 2.24) is 10.1 Å². The number of aryl methyl sites for hydroxylation is 1. The van der Waals surface area contributed by atoms with Crippen LogP contribution in [0.25, 0.3) is 22.2 Å². The zero-order valence-electron chi connectivity index (χ0n) is 15.3. The largest absolute Gasteiger partial charge is 0.497 e. The first-order valence-corrected chi connectivity index (χ1v) is 8.60. The second kappa shape index (κ2) is 7.03. The Morgan fingerprint density at radius 3 is 2.82 bits per heavy atom. The summed E-state index contributed by atoms with van der Waals surface area (Å²) in [5.41, 5.74) is 2.57. The molecule has 4 rings (SSSR count). The van der Waals surface area contributed by atoms with Crippen LogP contribution in [0.3, 0.4) is 0 Å². The third kappa shape index (κ3) is 3.37. The highest BCUT2D eigenvalue weighted by atomic mass is 16.5. The van der Waals surface area contributed by atoms with Crippen molar-refractivity contribution in [3.05, 3.63) is 76.2 Å². The number of methoxy groups -OCH3 is 1. The molecule has 0 atom stereocenters. The molecule has 140 valence electrons. The number of nitrogens with one attached hydrogen (secondary N) is 2. The molecule has 2 N–H and O–H groups in total. The smallest absolute Gasteiger partial charge is 0.277 e. The van der Waals surface area contributed by atoms with Crippen LogP contribution in [0, 0.1) is 6.92 Å². The number of pyridine rings is 1. The van der Waals surface area contributed by atoms with Gasteiger partial charge in [-0.3, -0.25) is 9.59 Å². The molecular formula is C21H17N3O4. The summed E-state index contributed by atoms with van der Waals surface area (Å²) in [5, 5.41) is 7.50. The second-order valence-electron chi connectivity index (χ2n) is 6.35. The number of amides is 1. The van der Waals surface area contributed by atoms with Crippen LogP contribution < -0.4 is 15.6 Å². The van der Waals surface area contributed by atoms with Gasteiger partial charge in [0.1, 0.15) is 5.75 Å². The fraction of sp³-hybridized carbons (Fsp3) is 0.0952. The monoisotopic (exact) mass is 375 g/mol. The van der Waals surface area contributed by atoms with Gasteiger partial charge in [0.2, 0.25) is 0 Å². The number of anilines is 1. The Morgan fingerprint density at radius 1 is 1.14 bits per heavy atom. The minimum atomic E-state index is -0.410. The Bertz CT molecular complexity index is 1240. The first-order chi connectivity index (χ1) is 13.5. The Labute approximate surface area is 159 Å². The SMILES string of the molecule is COc1cccc(-c2cc(C(=O)Nc3ccc4cc(C)c(=O)[nH]c4c3)no2)c1.